The van der Waals surface area contributed by atoms with E-state index in [9.17, 15) is 9.59 Å². The first-order chi connectivity index (χ1) is 7.07. The van der Waals surface area contributed by atoms with Crippen molar-refractivity contribution in [3.05, 3.63) is 36.8 Å². The van der Waals surface area contributed by atoms with Crippen LogP contribution in [0.15, 0.2) is 24.3 Å². The molecule has 1 N–H and O–H groups in total. The minimum atomic E-state index is -1.28. The molecule has 0 saturated heterocycles. The molecule has 0 heterocycles. The first-order valence-corrected chi connectivity index (χ1v) is 4.54. The van der Waals surface area contributed by atoms with E-state index in [4.69, 9.17) is 5.11 Å². The van der Waals surface area contributed by atoms with E-state index >= 15 is 0 Å². The molecule has 0 bridgehead atoms. The number of hydrogen-bond acceptors (Lipinski definition) is 2. The van der Waals surface area contributed by atoms with Crippen LogP contribution >= 0.6 is 0 Å². The predicted molar refractivity (Wildman–Crippen MR) is 56.7 cm³/mol. The minimum Gasteiger partial charge on any atom is -0.464 e. The van der Waals surface area contributed by atoms with Crippen molar-refractivity contribution >= 4 is 17.7 Å². The Morgan fingerprint density at radius 3 is 2.47 bits per heavy atom. The van der Waals surface area contributed by atoms with E-state index in [0.29, 0.717) is 11.3 Å². The summed E-state index contributed by atoms with van der Waals surface area (Å²) in [5.74, 6) is -0.460. The largest absolute Gasteiger partial charge is 0.464 e. The second-order valence-electron chi connectivity index (χ2n) is 2.99. The number of carboxylic acid groups (broad SMARTS) is 1. The zero-order valence-electron chi connectivity index (χ0n) is 8.43. The van der Waals surface area contributed by atoms with Crippen molar-refractivity contribution in [1.29, 1.82) is 0 Å². The highest BCUT2D eigenvalue weighted by molar-refractivity contribution is 6.12. The van der Waals surface area contributed by atoms with E-state index < -0.39 is 12.0 Å². The van der Waals surface area contributed by atoms with Crippen LogP contribution < -0.4 is 4.90 Å². The van der Waals surface area contributed by atoms with Gasteiger partial charge >= 0.3 is 6.09 Å². The molecule has 1 aromatic carbocycles. The smallest absolute Gasteiger partial charge is 0.418 e. The second-order valence-corrected chi connectivity index (χ2v) is 2.99. The predicted octanol–water partition coefficient (Wildman–Crippen LogP) is 2.29. The maximum Gasteiger partial charge on any atom is 0.418 e. The Morgan fingerprint density at radius 1 is 1.40 bits per heavy atom. The first-order valence-electron chi connectivity index (χ1n) is 4.54. The molecule has 0 fully saturated rings. The summed E-state index contributed by atoms with van der Waals surface area (Å²) < 4.78 is 0. The number of amides is 2. The Hall–Kier alpha value is -1.84. The highest BCUT2D eigenvalue weighted by atomic mass is 16.4. The summed E-state index contributed by atoms with van der Waals surface area (Å²) >= 11 is 0. The van der Waals surface area contributed by atoms with E-state index in [1.165, 1.54) is 0 Å². The number of benzene rings is 1. The standard InChI is InChI=1S/C11H12NO3/c1-3-10(13)12(11(14)15)9-7-5-4-6-8(9)2/h4-7H,2-3H2,1H3,(H,14,15). The van der Waals surface area contributed by atoms with Crippen LogP contribution in [-0.4, -0.2) is 17.1 Å². The molecule has 79 valence electrons. The van der Waals surface area contributed by atoms with Crippen molar-refractivity contribution in [2.75, 3.05) is 4.90 Å². The molecule has 1 radical (unpaired) electrons. The van der Waals surface area contributed by atoms with Crippen LogP contribution in [0.3, 0.4) is 0 Å². The third-order valence-electron chi connectivity index (χ3n) is 1.98. The summed E-state index contributed by atoms with van der Waals surface area (Å²) in [7, 11) is 0. The first kappa shape index (κ1) is 11.2. The van der Waals surface area contributed by atoms with Gasteiger partial charge in [0.15, 0.2) is 0 Å². The molecule has 4 nitrogen and oxygen atoms in total. The van der Waals surface area contributed by atoms with Crippen LogP contribution in [0.1, 0.15) is 18.9 Å². The molecule has 1 aromatic rings. The molecule has 0 aliphatic heterocycles. The van der Waals surface area contributed by atoms with Gasteiger partial charge in [-0.2, -0.15) is 0 Å². The van der Waals surface area contributed by atoms with Crippen LogP contribution in [-0.2, 0) is 4.79 Å². The Balaban J connectivity index is 3.16. The Labute approximate surface area is 88.1 Å². The maximum atomic E-state index is 11.4. The van der Waals surface area contributed by atoms with Gasteiger partial charge in [0.05, 0.1) is 5.69 Å². The van der Waals surface area contributed by atoms with Gasteiger partial charge in [0.2, 0.25) is 5.91 Å². The number of carbonyl (C=O) groups excluding carboxylic acids is 1. The molecule has 0 aliphatic carbocycles. The SMILES string of the molecule is [CH2]c1ccccc1N(C(=O)O)C(=O)CC. The van der Waals surface area contributed by atoms with E-state index in [2.05, 4.69) is 6.92 Å². The van der Waals surface area contributed by atoms with Crippen molar-refractivity contribution in [2.24, 2.45) is 0 Å². The fourth-order valence-electron chi connectivity index (χ4n) is 1.23. The third-order valence-corrected chi connectivity index (χ3v) is 1.98. The van der Waals surface area contributed by atoms with E-state index in [-0.39, 0.29) is 6.42 Å². The van der Waals surface area contributed by atoms with Gasteiger partial charge in [0.1, 0.15) is 0 Å². The zero-order chi connectivity index (χ0) is 11.4. The van der Waals surface area contributed by atoms with Crippen LogP contribution in [0.4, 0.5) is 10.5 Å². The molecule has 0 saturated carbocycles. The van der Waals surface area contributed by atoms with Crippen molar-refractivity contribution in [3.63, 3.8) is 0 Å². The van der Waals surface area contributed by atoms with Crippen molar-refractivity contribution in [1.82, 2.24) is 0 Å². The van der Waals surface area contributed by atoms with Gasteiger partial charge in [-0.05, 0) is 18.6 Å². The average molecular weight is 206 g/mol. The quantitative estimate of drug-likeness (QED) is 0.807. The van der Waals surface area contributed by atoms with Gasteiger partial charge in [-0.25, -0.2) is 9.69 Å². The van der Waals surface area contributed by atoms with Gasteiger partial charge in [-0.1, -0.05) is 25.1 Å². The highest BCUT2D eigenvalue weighted by Gasteiger charge is 2.22. The summed E-state index contributed by atoms with van der Waals surface area (Å²) in [6.45, 7) is 5.30. The lowest BCUT2D eigenvalue weighted by Crippen LogP contribution is -2.35. The molecule has 0 spiro atoms. The Bertz CT molecular complexity index is 387. The van der Waals surface area contributed by atoms with Gasteiger partial charge in [0, 0.05) is 6.42 Å². The lowest BCUT2D eigenvalue weighted by atomic mass is 10.2. The van der Waals surface area contributed by atoms with Crippen LogP contribution in [0.2, 0.25) is 0 Å². The fraction of sp³-hybridized carbons (Fsp3) is 0.182. The molecule has 0 aliphatic rings. The number of rotatable bonds is 2. The minimum absolute atomic E-state index is 0.140. The topological polar surface area (TPSA) is 57.6 Å². The molecule has 4 heteroatoms. The zero-order valence-corrected chi connectivity index (χ0v) is 8.43. The summed E-state index contributed by atoms with van der Waals surface area (Å²) in [6, 6.07) is 6.63. The molecular formula is C11H12NO3. The molecule has 0 atom stereocenters. The fourth-order valence-corrected chi connectivity index (χ4v) is 1.23. The normalized spacial score (nSPS) is 9.73. The number of para-hydroxylation sites is 1. The van der Waals surface area contributed by atoms with Crippen LogP contribution in [0.5, 0.6) is 0 Å². The van der Waals surface area contributed by atoms with Gasteiger partial charge < -0.3 is 5.11 Å². The number of carbonyl (C=O) groups is 2. The van der Waals surface area contributed by atoms with Gasteiger partial charge in [0.25, 0.3) is 0 Å². The Morgan fingerprint density at radius 2 is 2.00 bits per heavy atom. The molecule has 2 amide bonds. The van der Waals surface area contributed by atoms with Crippen molar-refractivity contribution in [2.45, 2.75) is 13.3 Å². The molecule has 15 heavy (non-hydrogen) atoms. The monoisotopic (exact) mass is 206 g/mol. The second kappa shape index (κ2) is 4.59. The highest BCUT2D eigenvalue weighted by Crippen LogP contribution is 2.20. The molecule has 1 rings (SSSR count). The summed E-state index contributed by atoms with van der Waals surface area (Å²) in [5.41, 5.74) is 0.832. The molecular weight excluding hydrogens is 194 g/mol. The van der Waals surface area contributed by atoms with Gasteiger partial charge in [-0.15, -0.1) is 0 Å². The van der Waals surface area contributed by atoms with Crippen molar-refractivity contribution in [3.8, 4) is 0 Å². The van der Waals surface area contributed by atoms with E-state index in [1.807, 2.05) is 0 Å². The average Bonchev–Trinajstić information content (AvgIpc) is 2.20. The lowest BCUT2D eigenvalue weighted by Gasteiger charge is -2.18. The molecule has 0 aromatic heterocycles. The van der Waals surface area contributed by atoms with Crippen molar-refractivity contribution < 1.29 is 14.7 Å². The van der Waals surface area contributed by atoms with E-state index in [0.717, 1.165) is 4.90 Å². The maximum absolute atomic E-state index is 11.4. The molecule has 0 unspecified atom stereocenters. The van der Waals surface area contributed by atoms with Gasteiger partial charge in [-0.3, -0.25) is 4.79 Å². The summed E-state index contributed by atoms with van der Waals surface area (Å²) in [4.78, 5) is 23.1. The number of anilines is 1. The van der Waals surface area contributed by atoms with E-state index in [1.54, 1.807) is 31.2 Å². The summed E-state index contributed by atoms with van der Waals surface area (Å²) in [5, 5.41) is 8.93. The number of imide groups is 1. The number of hydrogen-bond donors (Lipinski definition) is 1. The Kier molecular flexibility index (Phi) is 3.44. The lowest BCUT2D eigenvalue weighted by molar-refractivity contribution is -0.117. The third kappa shape index (κ3) is 2.34. The van der Waals surface area contributed by atoms with Crippen LogP contribution in [0.25, 0.3) is 0 Å². The number of nitrogens with zero attached hydrogens (tertiary/aromatic N) is 1. The summed E-state index contributed by atoms with van der Waals surface area (Å²) in [6.07, 6.45) is -1.14. The van der Waals surface area contributed by atoms with Crippen LogP contribution in [0, 0.1) is 6.92 Å².